The van der Waals surface area contributed by atoms with Gasteiger partial charge in [0.2, 0.25) is 5.91 Å². The second-order valence-electron chi connectivity index (χ2n) is 5.64. The first-order valence-electron chi connectivity index (χ1n) is 7.43. The number of carbonyl (C=O) groups is 1. The van der Waals surface area contributed by atoms with Crippen molar-refractivity contribution in [2.24, 2.45) is 5.92 Å². The molecule has 2 rings (SSSR count). The van der Waals surface area contributed by atoms with Crippen LogP contribution in [0.15, 0.2) is 24.3 Å². The number of ether oxygens (including phenoxy) is 1. The predicted molar refractivity (Wildman–Crippen MR) is 80.6 cm³/mol. The molecule has 0 spiro atoms. The average Bonchev–Trinajstić information content (AvgIpc) is 3.33. The Hall–Kier alpha value is -1.86. The Kier molecular flexibility index (Phi) is 5.35. The summed E-state index contributed by atoms with van der Waals surface area (Å²) in [6.07, 6.45) is 2.82. The van der Waals surface area contributed by atoms with Gasteiger partial charge in [0, 0.05) is 19.7 Å². The number of methoxy groups -OCH3 is 1. The van der Waals surface area contributed by atoms with Gasteiger partial charge in [0.1, 0.15) is 0 Å². The molecule has 1 amide bonds. The Morgan fingerprint density at radius 2 is 2.10 bits per heavy atom. The lowest BCUT2D eigenvalue weighted by atomic mass is 10.1. The van der Waals surface area contributed by atoms with E-state index in [1.807, 2.05) is 17.0 Å². The fraction of sp³-hybridized carbons (Fsp3) is 0.529. The van der Waals surface area contributed by atoms with Gasteiger partial charge < -0.3 is 9.64 Å². The van der Waals surface area contributed by atoms with Crippen LogP contribution < -0.4 is 0 Å². The molecule has 0 bridgehead atoms. The third-order valence-electron chi connectivity index (χ3n) is 4.09. The summed E-state index contributed by atoms with van der Waals surface area (Å²) in [5, 5.41) is 8.80. The summed E-state index contributed by atoms with van der Waals surface area (Å²) in [4.78, 5) is 14.5. The molecule has 112 valence electrons. The predicted octanol–water partition coefficient (Wildman–Crippen LogP) is 2.37. The zero-order chi connectivity index (χ0) is 15.2. The summed E-state index contributed by atoms with van der Waals surface area (Å²) in [5.41, 5.74) is 1.57. The smallest absolute Gasteiger partial charge is 0.227 e. The molecule has 1 aliphatic rings. The first-order valence-corrected chi connectivity index (χ1v) is 7.43. The fourth-order valence-corrected chi connectivity index (χ4v) is 2.55. The molecule has 1 unspecified atom stereocenters. The quantitative estimate of drug-likeness (QED) is 0.773. The first-order chi connectivity index (χ1) is 10.2. The maximum absolute atomic E-state index is 12.6. The van der Waals surface area contributed by atoms with E-state index in [0.29, 0.717) is 31.1 Å². The van der Waals surface area contributed by atoms with Gasteiger partial charge in [0.05, 0.1) is 24.7 Å². The molecule has 1 aromatic rings. The Labute approximate surface area is 126 Å². The summed E-state index contributed by atoms with van der Waals surface area (Å²) < 4.78 is 5.12. The van der Waals surface area contributed by atoms with E-state index < -0.39 is 0 Å². The van der Waals surface area contributed by atoms with Crippen LogP contribution in [-0.2, 0) is 16.0 Å². The van der Waals surface area contributed by atoms with E-state index in [1.165, 1.54) is 12.8 Å². The van der Waals surface area contributed by atoms with Gasteiger partial charge in [-0.3, -0.25) is 4.79 Å². The molecule has 0 aliphatic heterocycles. The van der Waals surface area contributed by atoms with Gasteiger partial charge in [-0.1, -0.05) is 12.1 Å². The molecule has 0 aromatic heterocycles. The van der Waals surface area contributed by atoms with Gasteiger partial charge in [0.25, 0.3) is 0 Å². The minimum atomic E-state index is 0.135. The highest BCUT2D eigenvalue weighted by Crippen LogP contribution is 2.35. The molecule has 0 saturated heterocycles. The van der Waals surface area contributed by atoms with Gasteiger partial charge in [-0.25, -0.2) is 0 Å². The van der Waals surface area contributed by atoms with Crippen molar-refractivity contribution in [3.63, 3.8) is 0 Å². The largest absolute Gasteiger partial charge is 0.383 e. The zero-order valence-corrected chi connectivity index (χ0v) is 12.7. The van der Waals surface area contributed by atoms with E-state index in [-0.39, 0.29) is 11.9 Å². The fourth-order valence-electron chi connectivity index (χ4n) is 2.55. The molecular weight excluding hydrogens is 264 g/mol. The lowest BCUT2D eigenvalue weighted by Crippen LogP contribution is -2.42. The molecule has 1 saturated carbocycles. The molecule has 1 aromatic carbocycles. The first kappa shape index (κ1) is 15.5. The monoisotopic (exact) mass is 286 g/mol. The van der Waals surface area contributed by atoms with Gasteiger partial charge in [-0.15, -0.1) is 0 Å². The molecule has 21 heavy (non-hydrogen) atoms. The summed E-state index contributed by atoms with van der Waals surface area (Å²) in [6.45, 7) is 3.34. The minimum Gasteiger partial charge on any atom is -0.383 e. The lowest BCUT2D eigenvalue weighted by molar-refractivity contribution is -0.133. The van der Waals surface area contributed by atoms with E-state index in [4.69, 9.17) is 10.00 Å². The molecule has 0 heterocycles. The van der Waals surface area contributed by atoms with Gasteiger partial charge >= 0.3 is 0 Å². The lowest BCUT2D eigenvalue weighted by Gasteiger charge is -2.29. The summed E-state index contributed by atoms with van der Waals surface area (Å²) in [7, 11) is 1.66. The maximum atomic E-state index is 12.6. The molecule has 4 nitrogen and oxygen atoms in total. The standard InChI is InChI=1S/C17H22N2O2/c1-13(16-7-8-16)19(9-10-21-2)17(20)11-14-3-5-15(12-18)6-4-14/h3-6,13,16H,7-11H2,1-2H3. The third kappa shape index (κ3) is 4.30. The van der Waals surface area contributed by atoms with Crippen molar-refractivity contribution in [2.75, 3.05) is 20.3 Å². The number of nitriles is 1. The highest BCUT2D eigenvalue weighted by Gasteiger charge is 2.33. The Balaban J connectivity index is 2.00. The van der Waals surface area contributed by atoms with Crippen LogP contribution >= 0.6 is 0 Å². The number of hydrogen-bond donors (Lipinski definition) is 0. The van der Waals surface area contributed by atoms with Gasteiger partial charge in [-0.2, -0.15) is 5.26 Å². The molecule has 0 N–H and O–H groups in total. The molecule has 1 aliphatic carbocycles. The number of rotatable bonds is 7. The highest BCUT2D eigenvalue weighted by molar-refractivity contribution is 5.79. The molecule has 4 heteroatoms. The Bertz CT molecular complexity index is 515. The number of amides is 1. The summed E-state index contributed by atoms with van der Waals surface area (Å²) in [5.74, 6) is 0.780. The van der Waals surface area contributed by atoms with Crippen LogP contribution in [0.2, 0.25) is 0 Å². The van der Waals surface area contributed by atoms with Crippen molar-refractivity contribution in [3.05, 3.63) is 35.4 Å². The number of hydrogen-bond acceptors (Lipinski definition) is 3. The topological polar surface area (TPSA) is 53.3 Å². The number of nitrogens with zero attached hydrogens (tertiary/aromatic N) is 2. The maximum Gasteiger partial charge on any atom is 0.227 e. The Morgan fingerprint density at radius 1 is 1.43 bits per heavy atom. The van der Waals surface area contributed by atoms with Crippen molar-refractivity contribution in [1.29, 1.82) is 5.26 Å². The van der Waals surface area contributed by atoms with Crippen LogP contribution in [0.3, 0.4) is 0 Å². The van der Waals surface area contributed by atoms with E-state index in [1.54, 1.807) is 19.2 Å². The van der Waals surface area contributed by atoms with Crippen LogP contribution in [0.5, 0.6) is 0 Å². The second kappa shape index (κ2) is 7.24. The van der Waals surface area contributed by atoms with Crippen LogP contribution in [-0.4, -0.2) is 37.1 Å². The molecule has 1 atom stereocenters. The van der Waals surface area contributed by atoms with Crippen molar-refractivity contribution < 1.29 is 9.53 Å². The zero-order valence-electron chi connectivity index (χ0n) is 12.7. The van der Waals surface area contributed by atoms with Crippen molar-refractivity contribution in [3.8, 4) is 6.07 Å². The van der Waals surface area contributed by atoms with E-state index >= 15 is 0 Å². The summed E-state index contributed by atoms with van der Waals surface area (Å²) >= 11 is 0. The number of benzene rings is 1. The van der Waals surface area contributed by atoms with Crippen LogP contribution in [0.25, 0.3) is 0 Å². The Morgan fingerprint density at radius 3 is 2.62 bits per heavy atom. The number of carbonyl (C=O) groups excluding carboxylic acids is 1. The molecule has 0 radical (unpaired) electrons. The van der Waals surface area contributed by atoms with Gasteiger partial charge in [0.15, 0.2) is 0 Å². The highest BCUT2D eigenvalue weighted by atomic mass is 16.5. The van der Waals surface area contributed by atoms with Crippen molar-refractivity contribution >= 4 is 5.91 Å². The SMILES string of the molecule is COCCN(C(=O)Cc1ccc(C#N)cc1)C(C)C1CC1. The normalized spacial score (nSPS) is 15.3. The third-order valence-corrected chi connectivity index (χ3v) is 4.09. The van der Waals surface area contributed by atoms with Crippen LogP contribution in [0, 0.1) is 17.2 Å². The second-order valence-corrected chi connectivity index (χ2v) is 5.64. The summed E-state index contributed by atoms with van der Waals surface area (Å²) in [6, 6.07) is 9.59. The van der Waals surface area contributed by atoms with E-state index in [2.05, 4.69) is 13.0 Å². The van der Waals surface area contributed by atoms with Gasteiger partial charge in [-0.05, 0) is 43.4 Å². The average molecular weight is 286 g/mol. The van der Waals surface area contributed by atoms with Crippen LogP contribution in [0.4, 0.5) is 0 Å². The van der Waals surface area contributed by atoms with Crippen molar-refractivity contribution in [1.82, 2.24) is 4.90 Å². The molecule has 1 fully saturated rings. The molecular formula is C17H22N2O2. The van der Waals surface area contributed by atoms with E-state index in [0.717, 1.165) is 5.56 Å². The minimum absolute atomic E-state index is 0.135. The van der Waals surface area contributed by atoms with E-state index in [9.17, 15) is 4.79 Å². The van der Waals surface area contributed by atoms with Crippen molar-refractivity contribution in [2.45, 2.75) is 32.2 Å². The van der Waals surface area contributed by atoms with Crippen LogP contribution in [0.1, 0.15) is 30.9 Å².